The molecule has 19 heavy (non-hydrogen) atoms. The van der Waals surface area contributed by atoms with E-state index >= 15 is 0 Å². The van der Waals surface area contributed by atoms with E-state index in [0.717, 1.165) is 24.3 Å². The molecule has 1 fully saturated rings. The highest BCUT2D eigenvalue weighted by Crippen LogP contribution is 2.29. The lowest BCUT2D eigenvalue weighted by Gasteiger charge is -2.10. The van der Waals surface area contributed by atoms with Gasteiger partial charge >= 0.3 is 0 Å². The first-order valence-electron chi connectivity index (χ1n) is 6.11. The van der Waals surface area contributed by atoms with E-state index in [1.807, 2.05) is 0 Å². The van der Waals surface area contributed by atoms with E-state index in [2.05, 4.69) is 5.32 Å². The maximum absolute atomic E-state index is 11.7. The summed E-state index contributed by atoms with van der Waals surface area (Å²) in [4.78, 5) is 12.5. The molecule has 1 aliphatic heterocycles. The highest BCUT2D eigenvalue weighted by Gasteiger charge is 2.16. The van der Waals surface area contributed by atoms with Gasteiger partial charge in [0.05, 0.1) is 16.9 Å². The van der Waals surface area contributed by atoms with E-state index in [9.17, 15) is 4.79 Å². The standard InChI is InChI=1S/C13H15Cl2NO2S/c14-9-3-4-11(15)12(6-9)19-8-13(17)16-7-10-2-1-5-18-10/h3-4,6,10H,1-2,5,7-8H2,(H,16,17)/t10-/m1/s1. The summed E-state index contributed by atoms with van der Waals surface area (Å²) >= 11 is 13.3. The Bertz CT molecular complexity index is 450. The normalized spacial score (nSPS) is 18.5. The summed E-state index contributed by atoms with van der Waals surface area (Å²) in [5.41, 5.74) is 0. The lowest BCUT2D eigenvalue weighted by molar-refractivity contribution is -0.119. The third-order valence-corrected chi connectivity index (χ3v) is 4.53. The molecule has 0 radical (unpaired) electrons. The minimum atomic E-state index is -0.0171. The van der Waals surface area contributed by atoms with Crippen molar-refractivity contribution in [3.05, 3.63) is 28.2 Å². The lowest BCUT2D eigenvalue weighted by Crippen LogP contribution is -2.32. The van der Waals surface area contributed by atoms with Crippen LogP contribution in [0.25, 0.3) is 0 Å². The molecule has 0 saturated carbocycles. The van der Waals surface area contributed by atoms with Crippen LogP contribution in [-0.4, -0.2) is 30.9 Å². The molecule has 1 aromatic rings. The van der Waals surface area contributed by atoms with Gasteiger partial charge in [0.2, 0.25) is 5.91 Å². The van der Waals surface area contributed by atoms with Gasteiger partial charge in [0.25, 0.3) is 0 Å². The van der Waals surface area contributed by atoms with Gasteiger partial charge in [-0.2, -0.15) is 0 Å². The predicted octanol–water partition coefficient (Wildman–Crippen LogP) is 3.38. The second-order valence-electron chi connectivity index (χ2n) is 4.30. The largest absolute Gasteiger partial charge is 0.376 e. The van der Waals surface area contributed by atoms with E-state index < -0.39 is 0 Å². The van der Waals surface area contributed by atoms with Gasteiger partial charge in [-0.25, -0.2) is 0 Å². The molecule has 3 nitrogen and oxygen atoms in total. The van der Waals surface area contributed by atoms with Gasteiger partial charge in [0, 0.05) is 23.1 Å². The molecule has 2 rings (SSSR count). The van der Waals surface area contributed by atoms with E-state index in [1.54, 1.807) is 18.2 Å². The van der Waals surface area contributed by atoms with Gasteiger partial charge < -0.3 is 10.1 Å². The molecule has 1 N–H and O–H groups in total. The summed E-state index contributed by atoms with van der Waals surface area (Å²) < 4.78 is 5.44. The van der Waals surface area contributed by atoms with Crippen LogP contribution in [0.4, 0.5) is 0 Å². The number of carbonyl (C=O) groups excluding carboxylic acids is 1. The summed E-state index contributed by atoms with van der Waals surface area (Å²) in [6, 6.07) is 5.23. The third-order valence-electron chi connectivity index (χ3n) is 2.80. The fraction of sp³-hybridized carbons (Fsp3) is 0.462. The Morgan fingerprint density at radius 3 is 3.05 bits per heavy atom. The van der Waals surface area contributed by atoms with Crippen molar-refractivity contribution in [2.24, 2.45) is 0 Å². The first-order chi connectivity index (χ1) is 9.15. The number of hydrogen-bond donors (Lipinski definition) is 1. The number of carbonyl (C=O) groups is 1. The lowest BCUT2D eigenvalue weighted by atomic mass is 10.2. The maximum atomic E-state index is 11.7. The van der Waals surface area contributed by atoms with Crippen molar-refractivity contribution in [2.75, 3.05) is 18.9 Å². The molecule has 0 aromatic heterocycles. The van der Waals surface area contributed by atoms with E-state index in [1.165, 1.54) is 11.8 Å². The van der Waals surface area contributed by atoms with Crippen LogP contribution in [-0.2, 0) is 9.53 Å². The van der Waals surface area contributed by atoms with Crippen molar-refractivity contribution in [1.29, 1.82) is 0 Å². The molecule has 0 unspecified atom stereocenters. The number of nitrogens with one attached hydrogen (secondary N) is 1. The second-order valence-corrected chi connectivity index (χ2v) is 6.16. The summed E-state index contributed by atoms with van der Waals surface area (Å²) in [6.45, 7) is 1.39. The highest BCUT2D eigenvalue weighted by molar-refractivity contribution is 8.00. The molecular formula is C13H15Cl2NO2S. The minimum absolute atomic E-state index is 0.0171. The summed E-state index contributed by atoms with van der Waals surface area (Å²) in [5.74, 6) is 0.309. The van der Waals surface area contributed by atoms with E-state index in [0.29, 0.717) is 22.3 Å². The van der Waals surface area contributed by atoms with Gasteiger partial charge in [-0.3, -0.25) is 4.79 Å². The Kier molecular flexibility index (Phi) is 5.82. The van der Waals surface area contributed by atoms with Crippen LogP contribution >= 0.6 is 35.0 Å². The third kappa shape index (κ3) is 4.88. The average Bonchev–Trinajstić information content (AvgIpc) is 2.90. The molecule has 1 aromatic carbocycles. The van der Waals surface area contributed by atoms with Gasteiger partial charge in [0.15, 0.2) is 0 Å². The molecule has 0 spiro atoms. The first-order valence-corrected chi connectivity index (χ1v) is 7.85. The van der Waals surface area contributed by atoms with Crippen molar-refractivity contribution in [3.8, 4) is 0 Å². The van der Waals surface area contributed by atoms with Gasteiger partial charge in [-0.05, 0) is 31.0 Å². The Hall–Kier alpha value is -0.420. The molecule has 1 heterocycles. The SMILES string of the molecule is O=C(CSc1cc(Cl)ccc1Cl)NC[C@H]1CCCO1. The van der Waals surface area contributed by atoms with Gasteiger partial charge in [-0.15, -0.1) is 11.8 Å². The Balaban J connectivity index is 1.74. The number of hydrogen-bond acceptors (Lipinski definition) is 3. The topological polar surface area (TPSA) is 38.3 Å². The van der Waals surface area contributed by atoms with Crippen molar-refractivity contribution in [1.82, 2.24) is 5.32 Å². The molecule has 0 bridgehead atoms. The number of ether oxygens (including phenoxy) is 1. The Morgan fingerprint density at radius 1 is 1.47 bits per heavy atom. The summed E-state index contributed by atoms with van der Waals surface area (Å²) in [5, 5.41) is 4.10. The van der Waals surface area contributed by atoms with Crippen LogP contribution in [0.2, 0.25) is 10.0 Å². The molecule has 1 atom stereocenters. The molecule has 1 amide bonds. The Labute approximate surface area is 127 Å². The number of halogens is 2. The summed E-state index contributed by atoms with van der Waals surface area (Å²) in [6.07, 6.45) is 2.27. The van der Waals surface area contributed by atoms with E-state index in [4.69, 9.17) is 27.9 Å². The fourth-order valence-corrected chi connectivity index (χ4v) is 3.14. The number of benzene rings is 1. The van der Waals surface area contributed by atoms with Crippen LogP contribution in [0.5, 0.6) is 0 Å². The fourth-order valence-electron chi connectivity index (χ4n) is 1.82. The first kappa shape index (κ1) is 15.0. The van der Waals surface area contributed by atoms with Gasteiger partial charge in [0.1, 0.15) is 0 Å². The predicted molar refractivity (Wildman–Crippen MR) is 79.2 cm³/mol. The monoisotopic (exact) mass is 319 g/mol. The van der Waals surface area contributed by atoms with Crippen LogP contribution in [0.1, 0.15) is 12.8 Å². The van der Waals surface area contributed by atoms with Crippen LogP contribution in [0, 0.1) is 0 Å². The summed E-state index contributed by atoms with van der Waals surface area (Å²) in [7, 11) is 0. The van der Waals surface area contributed by atoms with Crippen molar-refractivity contribution in [3.63, 3.8) is 0 Å². The van der Waals surface area contributed by atoms with E-state index in [-0.39, 0.29) is 12.0 Å². The smallest absolute Gasteiger partial charge is 0.230 e. The number of rotatable bonds is 5. The zero-order chi connectivity index (χ0) is 13.7. The highest BCUT2D eigenvalue weighted by atomic mass is 35.5. The maximum Gasteiger partial charge on any atom is 0.230 e. The molecule has 0 aliphatic carbocycles. The molecule has 104 valence electrons. The molecule has 1 aliphatic rings. The minimum Gasteiger partial charge on any atom is -0.376 e. The van der Waals surface area contributed by atoms with Crippen LogP contribution < -0.4 is 5.32 Å². The average molecular weight is 320 g/mol. The van der Waals surface area contributed by atoms with Crippen molar-refractivity contribution in [2.45, 2.75) is 23.8 Å². The molecule has 1 saturated heterocycles. The number of amides is 1. The van der Waals surface area contributed by atoms with Crippen molar-refractivity contribution >= 4 is 40.9 Å². The zero-order valence-corrected chi connectivity index (χ0v) is 12.7. The number of thioether (sulfide) groups is 1. The van der Waals surface area contributed by atoms with Crippen LogP contribution in [0.15, 0.2) is 23.1 Å². The molecule has 6 heteroatoms. The Morgan fingerprint density at radius 2 is 2.32 bits per heavy atom. The zero-order valence-electron chi connectivity index (χ0n) is 10.3. The quantitative estimate of drug-likeness (QED) is 0.845. The van der Waals surface area contributed by atoms with Crippen molar-refractivity contribution < 1.29 is 9.53 Å². The van der Waals surface area contributed by atoms with Gasteiger partial charge in [-0.1, -0.05) is 23.2 Å². The molecular weight excluding hydrogens is 305 g/mol. The second kappa shape index (κ2) is 7.39. The van der Waals surface area contributed by atoms with Crippen LogP contribution in [0.3, 0.4) is 0 Å².